The molecule has 1 aromatic rings. The first-order chi connectivity index (χ1) is 10.2. The van der Waals surface area contributed by atoms with Crippen molar-refractivity contribution in [1.29, 1.82) is 0 Å². The van der Waals surface area contributed by atoms with Crippen molar-refractivity contribution in [3.05, 3.63) is 29.3 Å². The SMILES string of the molecule is CCCC1CCC2C(c3ccc(OC)c(F)c3F)CCC12. The zero-order valence-electron chi connectivity index (χ0n) is 12.9. The summed E-state index contributed by atoms with van der Waals surface area (Å²) in [5, 5.41) is 0. The van der Waals surface area contributed by atoms with Crippen molar-refractivity contribution in [3.8, 4) is 5.75 Å². The number of ether oxygens (including phenoxy) is 1. The minimum Gasteiger partial charge on any atom is -0.494 e. The molecular weight excluding hydrogens is 270 g/mol. The van der Waals surface area contributed by atoms with Crippen LogP contribution in [0.15, 0.2) is 12.1 Å². The molecule has 0 amide bonds. The molecule has 2 aliphatic carbocycles. The summed E-state index contributed by atoms with van der Waals surface area (Å²) in [6.45, 7) is 2.23. The molecular formula is C18H24F2O. The van der Waals surface area contributed by atoms with Crippen LogP contribution in [0.4, 0.5) is 8.78 Å². The smallest absolute Gasteiger partial charge is 0.200 e. The Kier molecular flexibility index (Phi) is 4.19. The molecule has 0 saturated heterocycles. The van der Waals surface area contributed by atoms with E-state index in [1.165, 1.54) is 39.2 Å². The van der Waals surface area contributed by atoms with Gasteiger partial charge in [0.05, 0.1) is 7.11 Å². The molecule has 0 radical (unpaired) electrons. The molecule has 116 valence electrons. The van der Waals surface area contributed by atoms with Gasteiger partial charge in [-0.1, -0.05) is 25.8 Å². The Hall–Kier alpha value is -1.12. The summed E-state index contributed by atoms with van der Waals surface area (Å²) >= 11 is 0. The van der Waals surface area contributed by atoms with E-state index in [4.69, 9.17) is 4.74 Å². The molecule has 3 heteroatoms. The van der Waals surface area contributed by atoms with Gasteiger partial charge in [-0.2, -0.15) is 4.39 Å². The van der Waals surface area contributed by atoms with E-state index < -0.39 is 11.6 Å². The zero-order valence-corrected chi connectivity index (χ0v) is 12.9. The Morgan fingerprint density at radius 1 is 1.05 bits per heavy atom. The topological polar surface area (TPSA) is 9.23 Å². The van der Waals surface area contributed by atoms with Crippen molar-refractivity contribution in [3.63, 3.8) is 0 Å². The van der Waals surface area contributed by atoms with Crippen molar-refractivity contribution in [2.75, 3.05) is 7.11 Å². The van der Waals surface area contributed by atoms with Crippen LogP contribution in [0.3, 0.4) is 0 Å². The Morgan fingerprint density at radius 3 is 2.52 bits per heavy atom. The van der Waals surface area contributed by atoms with Crippen molar-refractivity contribution in [1.82, 2.24) is 0 Å². The van der Waals surface area contributed by atoms with Crippen LogP contribution in [0.2, 0.25) is 0 Å². The van der Waals surface area contributed by atoms with E-state index in [1.807, 2.05) is 0 Å². The number of methoxy groups -OCH3 is 1. The minimum atomic E-state index is -0.832. The minimum absolute atomic E-state index is 0.000999. The predicted molar refractivity (Wildman–Crippen MR) is 79.5 cm³/mol. The highest BCUT2D eigenvalue weighted by molar-refractivity contribution is 5.34. The fourth-order valence-electron chi connectivity index (χ4n) is 4.83. The van der Waals surface area contributed by atoms with Crippen LogP contribution in [-0.2, 0) is 0 Å². The Morgan fingerprint density at radius 2 is 1.81 bits per heavy atom. The second-order valence-corrected chi connectivity index (χ2v) is 6.62. The van der Waals surface area contributed by atoms with E-state index in [9.17, 15) is 8.78 Å². The number of halogens is 2. The third-order valence-electron chi connectivity index (χ3n) is 5.71. The van der Waals surface area contributed by atoms with Gasteiger partial charge < -0.3 is 4.74 Å². The third kappa shape index (κ3) is 2.45. The molecule has 0 bridgehead atoms. The number of fused-ring (bicyclic) bond motifs is 1. The molecule has 0 aliphatic heterocycles. The maximum Gasteiger partial charge on any atom is 0.200 e. The van der Waals surface area contributed by atoms with Crippen molar-refractivity contribution >= 4 is 0 Å². The van der Waals surface area contributed by atoms with Gasteiger partial charge in [0.15, 0.2) is 11.6 Å². The van der Waals surface area contributed by atoms with Gasteiger partial charge in [0.1, 0.15) is 0 Å². The van der Waals surface area contributed by atoms with Crippen molar-refractivity contribution in [2.24, 2.45) is 17.8 Å². The van der Waals surface area contributed by atoms with Gasteiger partial charge in [-0.25, -0.2) is 4.39 Å². The fraction of sp³-hybridized carbons (Fsp3) is 0.667. The summed E-state index contributed by atoms with van der Waals surface area (Å²) in [6, 6.07) is 3.30. The molecule has 1 nitrogen and oxygen atoms in total. The lowest BCUT2D eigenvalue weighted by Crippen LogP contribution is -2.13. The lowest BCUT2D eigenvalue weighted by molar-refractivity contribution is 0.321. The fourth-order valence-corrected chi connectivity index (χ4v) is 4.83. The highest BCUT2D eigenvalue weighted by Crippen LogP contribution is 2.56. The van der Waals surface area contributed by atoms with E-state index in [2.05, 4.69) is 6.92 Å². The number of hydrogen-bond donors (Lipinski definition) is 0. The maximum atomic E-state index is 14.3. The highest BCUT2D eigenvalue weighted by Gasteiger charge is 2.45. The van der Waals surface area contributed by atoms with Crippen LogP contribution in [0.5, 0.6) is 5.75 Å². The molecule has 2 aliphatic rings. The second-order valence-electron chi connectivity index (χ2n) is 6.62. The molecule has 0 aromatic heterocycles. The van der Waals surface area contributed by atoms with Crippen LogP contribution in [-0.4, -0.2) is 7.11 Å². The standard InChI is InChI=1S/C18H24F2O/c1-3-4-11-5-6-13-12(11)7-8-14(13)15-9-10-16(21-2)18(20)17(15)19/h9-14H,3-8H2,1-2H3. The lowest BCUT2D eigenvalue weighted by atomic mass is 9.84. The normalized spacial score (nSPS) is 31.4. The van der Waals surface area contributed by atoms with E-state index in [0.29, 0.717) is 11.5 Å². The number of rotatable bonds is 4. The second kappa shape index (κ2) is 5.94. The van der Waals surface area contributed by atoms with Crippen LogP contribution in [0.25, 0.3) is 0 Å². The van der Waals surface area contributed by atoms with Gasteiger partial charge in [-0.15, -0.1) is 0 Å². The Labute approximate surface area is 125 Å². The average molecular weight is 294 g/mol. The van der Waals surface area contributed by atoms with Crippen molar-refractivity contribution in [2.45, 2.75) is 51.4 Å². The van der Waals surface area contributed by atoms with E-state index in [0.717, 1.165) is 18.3 Å². The zero-order chi connectivity index (χ0) is 15.0. The summed E-state index contributed by atoms with van der Waals surface area (Å²) in [7, 11) is 1.37. The number of hydrogen-bond acceptors (Lipinski definition) is 1. The quantitative estimate of drug-likeness (QED) is 0.733. The molecule has 2 saturated carbocycles. The summed E-state index contributed by atoms with van der Waals surface area (Å²) in [5.74, 6) is 0.735. The maximum absolute atomic E-state index is 14.3. The molecule has 4 unspecified atom stereocenters. The largest absolute Gasteiger partial charge is 0.494 e. The predicted octanol–water partition coefficient (Wildman–Crippen LogP) is 5.29. The van der Waals surface area contributed by atoms with Crippen LogP contribution in [0.1, 0.15) is 56.9 Å². The number of benzene rings is 1. The monoisotopic (exact) mass is 294 g/mol. The summed E-state index contributed by atoms with van der Waals surface area (Å²) in [5.41, 5.74) is 0.568. The first-order valence-corrected chi connectivity index (χ1v) is 8.19. The lowest BCUT2D eigenvalue weighted by Gasteiger charge is -2.21. The first kappa shape index (κ1) is 14.8. The van der Waals surface area contributed by atoms with Gasteiger partial charge in [0.25, 0.3) is 0 Å². The van der Waals surface area contributed by atoms with Gasteiger partial charge >= 0.3 is 0 Å². The first-order valence-electron chi connectivity index (χ1n) is 8.19. The summed E-state index contributed by atoms with van der Waals surface area (Å²) < 4.78 is 33.2. The van der Waals surface area contributed by atoms with Crippen LogP contribution < -0.4 is 4.74 Å². The van der Waals surface area contributed by atoms with Gasteiger partial charge in [0.2, 0.25) is 5.82 Å². The molecule has 0 N–H and O–H groups in total. The average Bonchev–Trinajstić information content (AvgIpc) is 3.06. The van der Waals surface area contributed by atoms with E-state index in [1.54, 1.807) is 12.1 Å². The van der Waals surface area contributed by atoms with Gasteiger partial charge in [-0.3, -0.25) is 0 Å². The van der Waals surface area contributed by atoms with Gasteiger partial charge in [0, 0.05) is 0 Å². The van der Waals surface area contributed by atoms with Crippen LogP contribution >= 0.6 is 0 Å². The molecule has 0 heterocycles. The molecule has 0 spiro atoms. The summed E-state index contributed by atoms with van der Waals surface area (Å²) in [4.78, 5) is 0. The molecule has 2 fully saturated rings. The highest BCUT2D eigenvalue weighted by atomic mass is 19.2. The molecule has 3 rings (SSSR count). The van der Waals surface area contributed by atoms with Crippen molar-refractivity contribution < 1.29 is 13.5 Å². The summed E-state index contributed by atoms with van der Waals surface area (Å²) in [6.07, 6.45) is 7.12. The van der Waals surface area contributed by atoms with Crippen LogP contribution in [0, 0.1) is 29.4 Å². The van der Waals surface area contributed by atoms with Gasteiger partial charge in [-0.05, 0) is 61.0 Å². The molecule has 1 aromatic carbocycles. The third-order valence-corrected chi connectivity index (χ3v) is 5.71. The Balaban J connectivity index is 1.85. The van der Waals surface area contributed by atoms with E-state index >= 15 is 0 Å². The Bertz CT molecular complexity index is 514. The molecule has 4 atom stereocenters. The molecule has 21 heavy (non-hydrogen) atoms. The van der Waals surface area contributed by atoms with E-state index in [-0.39, 0.29) is 11.7 Å².